The quantitative estimate of drug-likeness (QED) is 0.115. The molecule has 276 valence electrons. The predicted molar refractivity (Wildman–Crippen MR) is 192 cm³/mol. The number of fused-ring (bicyclic) bond motifs is 1. The van der Waals surface area contributed by atoms with E-state index in [1.807, 2.05) is 10.8 Å². The molecule has 0 aliphatic carbocycles. The van der Waals surface area contributed by atoms with Crippen LogP contribution in [0.15, 0.2) is 109 Å². The molecule has 15 nitrogen and oxygen atoms in total. The zero-order valence-electron chi connectivity index (χ0n) is 28.6. The number of halogens is 4. The molecule has 1 unspecified atom stereocenters. The second-order valence-corrected chi connectivity index (χ2v) is 13.0. The minimum atomic E-state index is -4.54. The highest BCUT2D eigenvalue weighted by Gasteiger charge is 2.45. The Morgan fingerprint density at radius 2 is 1.69 bits per heavy atom. The summed E-state index contributed by atoms with van der Waals surface area (Å²) in [5, 5.41) is 35.4. The number of nitrogens with zero attached hydrogens (tertiary/aromatic N) is 11. The molecule has 0 fully saturated rings. The predicted octanol–water partition coefficient (Wildman–Crippen LogP) is 7.18. The zero-order chi connectivity index (χ0) is 38.6. The number of carbonyl (C=O) groups is 1. The fourth-order valence-corrected chi connectivity index (χ4v) is 6.60. The fraction of sp³-hybridized carbons (Fsp3) is 0.139. The van der Waals surface area contributed by atoms with Gasteiger partial charge >= 0.3 is 6.18 Å². The van der Waals surface area contributed by atoms with Crippen molar-refractivity contribution in [2.45, 2.75) is 32.3 Å². The summed E-state index contributed by atoms with van der Waals surface area (Å²) >= 11 is 6.55. The summed E-state index contributed by atoms with van der Waals surface area (Å²) in [5.41, 5.74) is 1.17. The third-order valence-corrected chi connectivity index (χ3v) is 9.27. The monoisotopic (exact) mass is 767 g/mol. The molecule has 4 aromatic heterocycles. The maximum absolute atomic E-state index is 13.3. The number of ether oxygens (including phenoxy) is 1. The van der Waals surface area contributed by atoms with E-state index in [9.17, 15) is 28.1 Å². The van der Waals surface area contributed by atoms with Crippen LogP contribution in [0, 0.1) is 10.1 Å². The highest BCUT2D eigenvalue weighted by Crippen LogP contribution is 2.40. The minimum Gasteiger partial charge on any atom is -0.446 e. The van der Waals surface area contributed by atoms with Gasteiger partial charge in [0.25, 0.3) is 5.69 Å². The summed E-state index contributed by atoms with van der Waals surface area (Å²) in [4.78, 5) is 27.7. The molecule has 1 amide bonds. The lowest BCUT2D eigenvalue weighted by atomic mass is 10.0. The van der Waals surface area contributed by atoms with E-state index < -0.39 is 28.3 Å². The molecule has 1 atom stereocenters. The summed E-state index contributed by atoms with van der Waals surface area (Å²) in [6.45, 7) is 2.84. The van der Waals surface area contributed by atoms with Crippen molar-refractivity contribution in [3.8, 4) is 34.0 Å². The van der Waals surface area contributed by atoms with Crippen molar-refractivity contribution < 1.29 is 27.6 Å². The van der Waals surface area contributed by atoms with Crippen LogP contribution in [0.5, 0.6) is 0 Å². The van der Waals surface area contributed by atoms with Crippen molar-refractivity contribution >= 4 is 40.0 Å². The van der Waals surface area contributed by atoms with Crippen LogP contribution < -0.4 is 0 Å². The second-order valence-electron chi connectivity index (χ2n) is 12.5. The van der Waals surface area contributed by atoms with Crippen LogP contribution in [0.3, 0.4) is 0 Å². The Bertz CT molecular complexity index is 2640. The Balaban J connectivity index is 1.23. The number of tetrazole rings is 1. The number of hydrogen-bond donors (Lipinski definition) is 0. The van der Waals surface area contributed by atoms with E-state index >= 15 is 0 Å². The van der Waals surface area contributed by atoms with Gasteiger partial charge in [0.2, 0.25) is 17.5 Å². The van der Waals surface area contributed by atoms with Gasteiger partial charge in [-0.2, -0.15) is 28.0 Å². The van der Waals surface area contributed by atoms with Crippen molar-refractivity contribution in [3.63, 3.8) is 0 Å². The number of non-ortho nitro benzene ring substituents is 1. The lowest BCUT2D eigenvalue weighted by molar-refractivity contribution is -0.384. The molecule has 7 aromatic rings. The average molecular weight is 768 g/mol. The second kappa shape index (κ2) is 13.2. The van der Waals surface area contributed by atoms with Crippen LogP contribution in [0.1, 0.15) is 25.0 Å². The number of nitro groups is 1. The first-order valence-electron chi connectivity index (χ1n) is 16.4. The third-order valence-electron chi connectivity index (χ3n) is 9.04. The Hall–Kier alpha value is -6.95. The van der Waals surface area contributed by atoms with Crippen LogP contribution in [0.4, 0.5) is 18.9 Å². The van der Waals surface area contributed by atoms with Crippen LogP contribution in [-0.4, -0.2) is 61.3 Å². The number of nitro benzene ring substituents is 1. The molecule has 0 bridgehead atoms. The van der Waals surface area contributed by atoms with Crippen molar-refractivity contribution in [3.05, 3.63) is 130 Å². The van der Waals surface area contributed by atoms with E-state index in [1.165, 1.54) is 48.0 Å². The Morgan fingerprint density at radius 3 is 2.36 bits per heavy atom. The molecule has 1 aliphatic rings. The molecule has 3 aromatic carbocycles. The van der Waals surface area contributed by atoms with Gasteiger partial charge in [0, 0.05) is 77.8 Å². The summed E-state index contributed by atoms with van der Waals surface area (Å²) in [6, 6.07) is 18.9. The van der Waals surface area contributed by atoms with E-state index in [-0.39, 0.29) is 29.5 Å². The van der Waals surface area contributed by atoms with Crippen molar-refractivity contribution in [1.82, 2.24) is 44.5 Å². The first kappa shape index (κ1) is 35.1. The molecule has 55 heavy (non-hydrogen) atoms. The fourth-order valence-electron chi connectivity index (χ4n) is 6.43. The number of alkyl halides is 3. The molecular weight excluding hydrogens is 743 g/mol. The number of amides is 1. The number of benzene rings is 3. The molecular formula is C36H25ClF3N11O4. The SMILES string of the molecule is CC(=O)N1N=C(Cn2cc(-c3nn(-c4ccncc4)cc3-c3nnnn3-c3ccc([N+](=O)[O-])cc3)c3cc(Cl)ccc32)OC1(C)c1ccc(C(F)(F)F)cc1. The van der Waals surface area contributed by atoms with E-state index in [0.717, 1.165) is 17.1 Å². The van der Waals surface area contributed by atoms with Gasteiger partial charge < -0.3 is 9.30 Å². The molecule has 8 rings (SSSR count). The van der Waals surface area contributed by atoms with Gasteiger partial charge in [0.1, 0.15) is 12.2 Å². The number of rotatable bonds is 8. The average Bonchev–Trinajstić information content (AvgIpc) is 3.96. The lowest BCUT2D eigenvalue weighted by Gasteiger charge is -2.31. The van der Waals surface area contributed by atoms with Crippen molar-refractivity contribution in [1.29, 1.82) is 0 Å². The van der Waals surface area contributed by atoms with E-state index in [1.54, 1.807) is 60.5 Å². The van der Waals surface area contributed by atoms with Crippen LogP contribution in [0.2, 0.25) is 5.02 Å². The number of hydrogen-bond acceptors (Lipinski definition) is 10. The smallest absolute Gasteiger partial charge is 0.416 e. The topological polar surface area (TPSA) is 164 Å². The molecule has 0 saturated carbocycles. The van der Waals surface area contributed by atoms with Gasteiger partial charge in [0.05, 0.1) is 27.4 Å². The Kier molecular flexibility index (Phi) is 8.40. The Morgan fingerprint density at radius 1 is 0.964 bits per heavy atom. The first-order valence-corrected chi connectivity index (χ1v) is 16.8. The van der Waals surface area contributed by atoms with Crippen molar-refractivity contribution in [2.75, 3.05) is 0 Å². The number of hydrazone groups is 1. The van der Waals surface area contributed by atoms with Gasteiger partial charge in [0.15, 0.2) is 5.82 Å². The third kappa shape index (κ3) is 6.31. The number of aromatic nitrogens is 8. The minimum absolute atomic E-state index is 0.000926. The highest BCUT2D eigenvalue weighted by atomic mass is 35.5. The first-order chi connectivity index (χ1) is 26.3. The summed E-state index contributed by atoms with van der Waals surface area (Å²) in [6.07, 6.45) is 2.25. The lowest BCUT2D eigenvalue weighted by Crippen LogP contribution is -2.41. The van der Waals surface area contributed by atoms with Gasteiger partial charge in [-0.3, -0.25) is 19.9 Å². The normalized spacial score (nSPS) is 15.7. The Labute approximate surface area is 313 Å². The molecule has 0 saturated heterocycles. The molecule has 0 spiro atoms. The van der Waals surface area contributed by atoms with Crippen LogP contribution >= 0.6 is 11.6 Å². The molecule has 1 aliphatic heterocycles. The zero-order valence-corrected chi connectivity index (χ0v) is 29.3. The molecule has 0 N–H and O–H groups in total. The standard InChI is InChI=1S/C36H25ClF3N11O4/c1-21(52)50-35(2,22-3-5-23(6-4-22)36(38,39)40)55-32(43-50)20-47-18-29(28-17-24(37)7-12-31(28)47)33-30(19-48(44-33)25-13-15-41-16-14-25)34-42-45-46-49(34)26-8-10-27(11-9-26)51(53)54/h3-19H,20H2,1-2H3. The number of pyridine rings is 1. The van der Waals surface area contributed by atoms with E-state index in [4.69, 9.17) is 21.4 Å². The van der Waals surface area contributed by atoms with Gasteiger partial charge in [-0.05, 0) is 65.0 Å². The van der Waals surface area contributed by atoms with Gasteiger partial charge in [-0.1, -0.05) is 23.7 Å². The van der Waals surface area contributed by atoms with Crippen molar-refractivity contribution in [2.24, 2.45) is 5.10 Å². The van der Waals surface area contributed by atoms with E-state index in [2.05, 4.69) is 25.6 Å². The van der Waals surface area contributed by atoms with Gasteiger partial charge in [-0.15, -0.1) is 10.2 Å². The van der Waals surface area contributed by atoms with Crippen LogP contribution in [-0.2, 0) is 28.0 Å². The van der Waals surface area contributed by atoms with Crippen LogP contribution in [0.25, 0.3) is 44.9 Å². The summed E-state index contributed by atoms with van der Waals surface area (Å²) in [5.74, 6) is -0.0973. The largest absolute Gasteiger partial charge is 0.446 e. The maximum Gasteiger partial charge on any atom is 0.416 e. The molecule has 0 radical (unpaired) electrons. The summed E-state index contributed by atoms with van der Waals surface area (Å²) in [7, 11) is 0. The van der Waals surface area contributed by atoms with Gasteiger partial charge in [-0.25, -0.2) is 4.68 Å². The molecule has 19 heteroatoms. The highest BCUT2D eigenvalue weighted by molar-refractivity contribution is 6.31. The summed E-state index contributed by atoms with van der Waals surface area (Å²) < 4.78 is 51.2. The van der Waals surface area contributed by atoms with E-state index in [0.29, 0.717) is 44.1 Å². The maximum atomic E-state index is 13.3. The number of carbonyl (C=O) groups excluding carboxylic acids is 1. The molecule has 5 heterocycles.